The molecule has 30 heavy (non-hydrogen) atoms. The third-order valence-corrected chi connectivity index (χ3v) is 5.91. The molecule has 0 saturated carbocycles. The van der Waals surface area contributed by atoms with Crippen LogP contribution in [0.25, 0.3) is 0 Å². The molecule has 1 amide bonds. The molecular formula is C24H31N3O3. The molecule has 2 aromatic carbocycles. The van der Waals surface area contributed by atoms with Crippen molar-refractivity contribution in [3.05, 3.63) is 53.6 Å². The minimum atomic E-state index is -0.159. The largest absolute Gasteiger partial charge is 0.490 e. The number of nitrogens with zero attached hydrogens (tertiary/aromatic N) is 2. The smallest absolute Gasteiger partial charge is 0.259 e. The maximum atomic E-state index is 13.0. The van der Waals surface area contributed by atoms with Gasteiger partial charge in [0.25, 0.3) is 5.91 Å². The van der Waals surface area contributed by atoms with Gasteiger partial charge in [0.2, 0.25) is 0 Å². The number of piperazine rings is 1. The molecule has 0 aliphatic carbocycles. The number of rotatable bonds is 6. The van der Waals surface area contributed by atoms with E-state index in [0.717, 1.165) is 56.9 Å². The summed E-state index contributed by atoms with van der Waals surface area (Å²) in [4.78, 5) is 17.7. The number of benzene rings is 2. The minimum absolute atomic E-state index is 0.116. The second-order valence-corrected chi connectivity index (χ2v) is 8.19. The fourth-order valence-corrected chi connectivity index (χ4v) is 3.98. The number of carbonyl (C=O) groups is 1. The zero-order chi connectivity index (χ0) is 20.9. The first kappa shape index (κ1) is 20.7. The van der Waals surface area contributed by atoms with Crippen LogP contribution in [0, 0.1) is 6.92 Å². The van der Waals surface area contributed by atoms with Crippen LogP contribution < -0.4 is 15.0 Å². The van der Waals surface area contributed by atoms with Crippen LogP contribution in [-0.2, 0) is 4.74 Å². The molecule has 0 aromatic heterocycles. The van der Waals surface area contributed by atoms with Gasteiger partial charge in [-0.05, 0) is 62.7 Å². The first-order valence-corrected chi connectivity index (χ1v) is 10.8. The molecule has 1 atom stereocenters. The third kappa shape index (κ3) is 4.94. The summed E-state index contributed by atoms with van der Waals surface area (Å²) in [5.74, 6) is 0.436. The zero-order valence-electron chi connectivity index (χ0n) is 17.9. The average Bonchev–Trinajstić information content (AvgIpc) is 3.28. The number of carbonyl (C=O) groups excluding carboxylic acids is 1. The van der Waals surface area contributed by atoms with Crippen molar-refractivity contribution in [1.29, 1.82) is 0 Å². The van der Waals surface area contributed by atoms with Crippen molar-refractivity contribution in [1.82, 2.24) is 4.90 Å². The van der Waals surface area contributed by atoms with E-state index in [2.05, 4.69) is 34.3 Å². The Balaban J connectivity index is 1.42. The van der Waals surface area contributed by atoms with Crippen LogP contribution in [0.15, 0.2) is 42.5 Å². The number of aryl methyl sites for hydroxylation is 1. The Labute approximate surface area is 178 Å². The SMILES string of the molecule is Cc1cc(N2CCN(C)CC2)ccc1NC(=O)c1ccccc1OCC1CCCO1. The molecule has 160 valence electrons. The van der Waals surface area contributed by atoms with E-state index in [-0.39, 0.29) is 12.0 Å². The summed E-state index contributed by atoms with van der Waals surface area (Å²) >= 11 is 0. The van der Waals surface area contributed by atoms with Crippen LogP contribution in [0.1, 0.15) is 28.8 Å². The van der Waals surface area contributed by atoms with Crippen LogP contribution in [0.2, 0.25) is 0 Å². The quantitative estimate of drug-likeness (QED) is 0.791. The second-order valence-electron chi connectivity index (χ2n) is 8.19. The summed E-state index contributed by atoms with van der Waals surface area (Å²) in [7, 11) is 2.16. The van der Waals surface area contributed by atoms with E-state index in [0.29, 0.717) is 17.9 Å². The first-order chi connectivity index (χ1) is 14.6. The normalized spacial score (nSPS) is 19.7. The zero-order valence-corrected chi connectivity index (χ0v) is 17.9. The van der Waals surface area contributed by atoms with Crippen molar-refractivity contribution in [2.24, 2.45) is 0 Å². The Bertz CT molecular complexity index is 872. The summed E-state index contributed by atoms with van der Waals surface area (Å²) in [5.41, 5.74) is 3.63. The average molecular weight is 410 g/mol. The highest BCUT2D eigenvalue weighted by Gasteiger charge is 2.19. The van der Waals surface area contributed by atoms with Crippen molar-refractivity contribution >= 4 is 17.3 Å². The fourth-order valence-electron chi connectivity index (χ4n) is 3.98. The van der Waals surface area contributed by atoms with E-state index in [9.17, 15) is 4.79 Å². The van der Waals surface area contributed by atoms with Crippen LogP contribution in [0.3, 0.4) is 0 Å². The van der Waals surface area contributed by atoms with E-state index >= 15 is 0 Å². The summed E-state index contributed by atoms with van der Waals surface area (Å²) < 4.78 is 11.5. The van der Waals surface area contributed by atoms with Crippen LogP contribution in [0.4, 0.5) is 11.4 Å². The molecule has 2 saturated heterocycles. The Kier molecular flexibility index (Phi) is 6.55. The first-order valence-electron chi connectivity index (χ1n) is 10.8. The van der Waals surface area contributed by atoms with Gasteiger partial charge in [0.1, 0.15) is 12.4 Å². The van der Waals surface area contributed by atoms with E-state index in [1.54, 1.807) is 6.07 Å². The van der Waals surface area contributed by atoms with Gasteiger partial charge in [-0.1, -0.05) is 12.1 Å². The van der Waals surface area contributed by atoms with Crippen molar-refractivity contribution in [2.75, 3.05) is 56.7 Å². The van der Waals surface area contributed by atoms with Crippen molar-refractivity contribution in [3.8, 4) is 5.75 Å². The Hall–Kier alpha value is -2.57. The third-order valence-electron chi connectivity index (χ3n) is 5.91. The number of anilines is 2. The summed E-state index contributed by atoms with van der Waals surface area (Å²) in [6.45, 7) is 7.49. The molecule has 0 bridgehead atoms. The Morgan fingerprint density at radius 2 is 1.97 bits per heavy atom. The maximum absolute atomic E-state index is 13.0. The van der Waals surface area contributed by atoms with Gasteiger partial charge >= 0.3 is 0 Å². The second kappa shape index (κ2) is 9.49. The summed E-state index contributed by atoms with van der Waals surface area (Å²) in [6.07, 6.45) is 2.19. The molecule has 4 rings (SSSR count). The van der Waals surface area contributed by atoms with Gasteiger partial charge in [0.05, 0.1) is 11.7 Å². The van der Waals surface area contributed by atoms with Gasteiger partial charge in [-0.15, -0.1) is 0 Å². The van der Waals surface area contributed by atoms with Crippen molar-refractivity contribution in [3.63, 3.8) is 0 Å². The summed E-state index contributed by atoms with van der Waals surface area (Å²) in [5, 5.41) is 3.06. The van der Waals surface area contributed by atoms with Crippen LogP contribution >= 0.6 is 0 Å². The molecule has 0 radical (unpaired) electrons. The highest BCUT2D eigenvalue weighted by Crippen LogP contribution is 2.26. The van der Waals surface area contributed by atoms with Gasteiger partial charge in [0, 0.05) is 44.2 Å². The Morgan fingerprint density at radius 3 is 2.70 bits per heavy atom. The van der Waals surface area contributed by atoms with Crippen LogP contribution in [0.5, 0.6) is 5.75 Å². The Morgan fingerprint density at radius 1 is 1.17 bits per heavy atom. The van der Waals surface area contributed by atoms with E-state index < -0.39 is 0 Å². The molecule has 0 spiro atoms. The van der Waals surface area contributed by atoms with Crippen molar-refractivity contribution < 1.29 is 14.3 Å². The molecule has 6 nitrogen and oxygen atoms in total. The highest BCUT2D eigenvalue weighted by molar-refractivity contribution is 6.06. The van der Waals surface area contributed by atoms with Gasteiger partial charge in [-0.25, -0.2) is 0 Å². The van der Waals surface area contributed by atoms with Gasteiger partial charge < -0.3 is 24.6 Å². The number of nitrogens with one attached hydrogen (secondary N) is 1. The molecule has 2 aliphatic heterocycles. The molecular weight excluding hydrogens is 378 g/mol. The number of amides is 1. The van der Waals surface area contributed by atoms with Crippen molar-refractivity contribution in [2.45, 2.75) is 25.9 Å². The lowest BCUT2D eigenvalue weighted by Crippen LogP contribution is -2.44. The predicted octanol–water partition coefficient (Wildman–Crippen LogP) is 3.56. The molecule has 2 aromatic rings. The monoisotopic (exact) mass is 409 g/mol. The molecule has 6 heteroatoms. The maximum Gasteiger partial charge on any atom is 0.259 e. The molecule has 1 unspecified atom stereocenters. The van der Waals surface area contributed by atoms with Gasteiger partial charge in [-0.2, -0.15) is 0 Å². The highest BCUT2D eigenvalue weighted by atomic mass is 16.5. The van der Waals surface area contributed by atoms with E-state index in [1.165, 1.54) is 5.69 Å². The minimum Gasteiger partial charge on any atom is -0.490 e. The summed E-state index contributed by atoms with van der Waals surface area (Å²) in [6, 6.07) is 13.6. The number of hydrogen-bond acceptors (Lipinski definition) is 5. The van der Waals surface area contributed by atoms with E-state index in [1.807, 2.05) is 31.2 Å². The standard InChI is InChI=1S/C24H31N3O3/c1-18-16-19(27-13-11-26(2)12-14-27)9-10-22(18)25-24(28)21-7-3-4-8-23(21)30-17-20-6-5-15-29-20/h3-4,7-10,16,20H,5-6,11-15,17H2,1-2H3,(H,25,28). The molecule has 2 heterocycles. The number of para-hydroxylation sites is 1. The molecule has 2 fully saturated rings. The lowest BCUT2D eigenvalue weighted by Gasteiger charge is -2.34. The number of hydrogen-bond donors (Lipinski definition) is 1. The lowest BCUT2D eigenvalue weighted by molar-refractivity contribution is 0.0673. The fraction of sp³-hybridized carbons (Fsp3) is 0.458. The van der Waals surface area contributed by atoms with Crippen LogP contribution in [-0.4, -0.2) is 63.4 Å². The topological polar surface area (TPSA) is 54.0 Å². The predicted molar refractivity (Wildman–Crippen MR) is 120 cm³/mol. The number of likely N-dealkylation sites (N-methyl/N-ethyl adjacent to an activating group) is 1. The van der Waals surface area contributed by atoms with E-state index in [4.69, 9.17) is 9.47 Å². The van der Waals surface area contributed by atoms with Gasteiger partial charge in [0.15, 0.2) is 0 Å². The lowest BCUT2D eigenvalue weighted by atomic mass is 10.1. The molecule has 1 N–H and O–H groups in total. The van der Waals surface area contributed by atoms with Gasteiger partial charge in [-0.3, -0.25) is 4.79 Å². The number of ether oxygens (including phenoxy) is 2. The molecule has 2 aliphatic rings.